The van der Waals surface area contributed by atoms with Gasteiger partial charge in [-0.25, -0.2) is 0 Å². The fraction of sp³-hybridized carbons (Fsp3) is 0.520. The van der Waals surface area contributed by atoms with Gasteiger partial charge in [0.2, 0.25) is 0 Å². The summed E-state index contributed by atoms with van der Waals surface area (Å²) < 4.78 is 0. The smallest absolute Gasteiger partial charge is 0.0713 e. The molecule has 4 aromatic carbocycles. The minimum atomic E-state index is -0.271. The zero-order valence-corrected chi connectivity index (χ0v) is 36.6. The first-order chi connectivity index (χ1) is 24.0. The molecule has 1 aliphatic carbocycles. The predicted octanol–water partition coefficient (Wildman–Crippen LogP) is 18.0. The van der Waals surface area contributed by atoms with Gasteiger partial charge < -0.3 is 0 Å². The van der Waals surface area contributed by atoms with Crippen molar-refractivity contribution in [1.82, 2.24) is 0 Å². The first kappa shape index (κ1) is 59.0. The molecular formula is C50H88. The van der Waals surface area contributed by atoms with E-state index in [1.165, 1.54) is 63.8 Å². The third-order valence-electron chi connectivity index (χ3n) is 6.23. The molecule has 0 radical (unpaired) electrons. The number of hydrogen-bond acceptors (Lipinski definition) is 0. The molecule has 288 valence electrons. The molecule has 0 unspecified atom stereocenters. The molecular weight excluding hydrogens is 601 g/mol. The summed E-state index contributed by atoms with van der Waals surface area (Å²) in [7, 11) is 0. The van der Waals surface area contributed by atoms with Gasteiger partial charge >= 0.3 is 0 Å². The molecule has 0 atom stereocenters. The molecule has 0 saturated heterocycles. The van der Waals surface area contributed by atoms with E-state index in [2.05, 4.69) is 152 Å². The molecule has 0 spiro atoms. The van der Waals surface area contributed by atoms with Gasteiger partial charge in [-0.15, -0.1) is 0 Å². The molecule has 0 aliphatic heterocycles. The van der Waals surface area contributed by atoms with Crippen LogP contribution in [0.4, 0.5) is 0 Å². The van der Waals surface area contributed by atoms with Crippen LogP contribution in [0.25, 0.3) is 11.1 Å². The Balaban J connectivity index is -0.000000188. The van der Waals surface area contributed by atoms with Crippen molar-refractivity contribution in [3.63, 3.8) is 0 Å². The van der Waals surface area contributed by atoms with E-state index in [1.807, 2.05) is 83.1 Å². The van der Waals surface area contributed by atoms with Crippen LogP contribution >= 0.6 is 0 Å². The molecule has 0 amide bonds. The average Bonchev–Trinajstić information content (AvgIpc) is 3.49. The molecule has 0 saturated carbocycles. The highest BCUT2D eigenvalue weighted by Gasteiger charge is 2.45. The van der Waals surface area contributed by atoms with Crippen molar-refractivity contribution in [2.45, 2.75) is 177 Å². The number of hydrogen-bond donors (Lipinski definition) is 0. The molecule has 1 aliphatic rings. The zero-order valence-electron chi connectivity index (χ0n) is 36.6. The third kappa shape index (κ3) is 18.2. The first-order valence-electron chi connectivity index (χ1n) is 20.4. The van der Waals surface area contributed by atoms with Crippen LogP contribution in [0.15, 0.2) is 97.1 Å². The van der Waals surface area contributed by atoms with E-state index in [0.717, 1.165) is 6.42 Å². The molecule has 0 heteroatoms. The summed E-state index contributed by atoms with van der Waals surface area (Å²) in [5.41, 5.74) is 10.5. The topological polar surface area (TPSA) is 0 Å². The molecule has 5 rings (SSSR count). The Morgan fingerprint density at radius 1 is 0.380 bits per heavy atom. The zero-order chi connectivity index (χ0) is 39.3. The predicted molar refractivity (Wildman–Crippen MR) is 241 cm³/mol. The van der Waals surface area contributed by atoms with E-state index in [4.69, 9.17) is 0 Å². The minimum absolute atomic E-state index is 0. The second-order valence-electron chi connectivity index (χ2n) is 9.88. The van der Waals surface area contributed by atoms with Gasteiger partial charge in [0.25, 0.3) is 0 Å². The molecule has 0 nitrogen and oxygen atoms in total. The molecule has 0 heterocycles. The maximum Gasteiger partial charge on any atom is 0.0713 e. The minimum Gasteiger partial charge on any atom is -0.0776 e. The lowest BCUT2D eigenvalue weighted by Crippen LogP contribution is -2.28. The highest BCUT2D eigenvalue weighted by molar-refractivity contribution is 5.86. The standard InChI is InChI=1S/C28H24.3C3H8.6C2H6.CH4/c1-3-21-14-18-23(19-15-21)28(22-16-12-20(2)13-17-22)26-10-6-4-8-24(26)25-9-5-7-11-27(25)28;3*1-3-2;6*1-2;/h4-19H,3H2,1-2H3;3*3H2,1-2H3;6*1-2H3;1H4. The maximum atomic E-state index is 2.33. The summed E-state index contributed by atoms with van der Waals surface area (Å²) in [4.78, 5) is 0. The number of rotatable bonds is 3. The Morgan fingerprint density at radius 2 is 0.640 bits per heavy atom. The van der Waals surface area contributed by atoms with Crippen molar-refractivity contribution in [2.24, 2.45) is 0 Å². The van der Waals surface area contributed by atoms with Crippen LogP contribution in [0.1, 0.15) is 192 Å². The fourth-order valence-electron chi connectivity index (χ4n) is 4.82. The van der Waals surface area contributed by atoms with E-state index < -0.39 is 0 Å². The summed E-state index contributed by atoms with van der Waals surface area (Å²) in [6.45, 7) is 41.1. The normalized spacial score (nSPS) is 9.52. The van der Waals surface area contributed by atoms with Crippen molar-refractivity contribution < 1.29 is 0 Å². The maximum absolute atomic E-state index is 2.33. The Morgan fingerprint density at radius 3 is 0.920 bits per heavy atom. The van der Waals surface area contributed by atoms with Gasteiger partial charge in [0, 0.05) is 0 Å². The second-order valence-corrected chi connectivity index (χ2v) is 9.88. The van der Waals surface area contributed by atoms with Gasteiger partial charge in [-0.05, 0) is 52.3 Å². The van der Waals surface area contributed by atoms with Crippen LogP contribution in [-0.4, -0.2) is 0 Å². The highest BCUT2D eigenvalue weighted by Crippen LogP contribution is 2.55. The van der Waals surface area contributed by atoms with E-state index in [-0.39, 0.29) is 12.8 Å². The molecule has 0 N–H and O–H groups in total. The Bertz CT molecular complexity index is 1130. The lowest BCUT2D eigenvalue weighted by molar-refractivity contribution is 0.767. The van der Waals surface area contributed by atoms with E-state index in [1.54, 1.807) is 0 Å². The van der Waals surface area contributed by atoms with Crippen molar-refractivity contribution in [2.75, 3.05) is 0 Å². The van der Waals surface area contributed by atoms with Gasteiger partial charge in [-0.2, -0.15) is 0 Å². The Labute approximate surface area is 317 Å². The second kappa shape index (κ2) is 42.0. The molecule has 0 bridgehead atoms. The molecule has 0 fully saturated rings. The monoisotopic (exact) mass is 689 g/mol. The summed E-state index contributed by atoms with van der Waals surface area (Å²) in [5.74, 6) is 0. The summed E-state index contributed by atoms with van der Waals surface area (Å²) in [5, 5.41) is 0. The van der Waals surface area contributed by atoms with E-state index in [9.17, 15) is 0 Å². The van der Waals surface area contributed by atoms with Crippen molar-refractivity contribution >= 4 is 0 Å². The van der Waals surface area contributed by atoms with Gasteiger partial charge in [-0.3, -0.25) is 0 Å². The third-order valence-corrected chi connectivity index (χ3v) is 6.23. The first-order valence-corrected chi connectivity index (χ1v) is 20.4. The highest BCUT2D eigenvalue weighted by atomic mass is 14.5. The van der Waals surface area contributed by atoms with Crippen molar-refractivity contribution in [1.29, 1.82) is 0 Å². The summed E-state index contributed by atoms with van der Waals surface area (Å²) >= 11 is 0. The Hall–Kier alpha value is -3.12. The molecule has 4 aromatic rings. The van der Waals surface area contributed by atoms with Gasteiger partial charge in [-0.1, -0.05) is 261 Å². The number of aryl methyl sites for hydroxylation is 2. The van der Waals surface area contributed by atoms with Crippen LogP contribution in [0.2, 0.25) is 0 Å². The average molecular weight is 689 g/mol. The van der Waals surface area contributed by atoms with Crippen LogP contribution < -0.4 is 0 Å². The number of benzene rings is 4. The van der Waals surface area contributed by atoms with Gasteiger partial charge in [0.05, 0.1) is 5.41 Å². The van der Waals surface area contributed by atoms with Gasteiger partial charge in [0.1, 0.15) is 0 Å². The summed E-state index contributed by atoms with van der Waals surface area (Å²) in [6, 6.07) is 36.1. The molecule has 0 aromatic heterocycles. The van der Waals surface area contributed by atoms with E-state index in [0.29, 0.717) is 0 Å². The van der Waals surface area contributed by atoms with Crippen LogP contribution in [0.5, 0.6) is 0 Å². The molecule has 50 heavy (non-hydrogen) atoms. The lowest BCUT2D eigenvalue weighted by Gasteiger charge is -2.34. The van der Waals surface area contributed by atoms with Crippen molar-refractivity contribution in [3.05, 3.63) is 130 Å². The number of fused-ring (bicyclic) bond motifs is 3. The Kier molecular flexibility index (Phi) is 49.7. The largest absolute Gasteiger partial charge is 0.0776 e. The quantitative estimate of drug-likeness (QED) is 0.177. The van der Waals surface area contributed by atoms with Crippen LogP contribution in [-0.2, 0) is 11.8 Å². The lowest BCUT2D eigenvalue weighted by atomic mass is 9.67. The van der Waals surface area contributed by atoms with E-state index >= 15 is 0 Å². The van der Waals surface area contributed by atoms with Crippen molar-refractivity contribution in [3.8, 4) is 11.1 Å². The SMILES string of the molecule is C.CC.CC.CC.CC.CC.CC.CCC.CCC.CCC.CCc1ccc(C2(c3ccc(C)cc3)c3ccccc3-c3ccccc32)cc1. The van der Waals surface area contributed by atoms with Gasteiger partial charge in [0.15, 0.2) is 0 Å². The van der Waals surface area contributed by atoms with Crippen LogP contribution in [0.3, 0.4) is 0 Å². The van der Waals surface area contributed by atoms with Crippen LogP contribution in [0, 0.1) is 6.92 Å². The fourth-order valence-corrected chi connectivity index (χ4v) is 4.82. The summed E-state index contributed by atoms with van der Waals surface area (Å²) in [6.07, 6.45) is 4.81.